The molecule has 1 saturated carbocycles. The van der Waals surface area contributed by atoms with Gasteiger partial charge in [0.1, 0.15) is 0 Å². The summed E-state index contributed by atoms with van der Waals surface area (Å²) in [5.41, 5.74) is 5.74. The highest BCUT2D eigenvalue weighted by Crippen LogP contribution is 2.43. The first-order valence-corrected chi connectivity index (χ1v) is 8.69. The Morgan fingerprint density at radius 1 is 1.25 bits per heavy atom. The molecule has 1 aromatic heterocycles. The van der Waals surface area contributed by atoms with Gasteiger partial charge >= 0.3 is 0 Å². The quantitative estimate of drug-likeness (QED) is 0.911. The highest BCUT2D eigenvalue weighted by Gasteiger charge is 2.44. The lowest BCUT2D eigenvalue weighted by molar-refractivity contribution is -0.139. The highest BCUT2D eigenvalue weighted by molar-refractivity contribution is 7.10. The van der Waals surface area contributed by atoms with Crippen LogP contribution in [0.4, 0.5) is 0 Å². The van der Waals surface area contributed by atoms with Crippen molar-refractivity contribution in [2.24, 2.45) is 5.73 Å². The minimum atomic E-state index is -0.228. The Kier molecular flexibility index (Phi) is 4.13. The largest absolute Gasteiger partial charge is 0.342 e. The van der Waals surface area contributed by atoms with Crippen LogP contribution in [0, 0.1) is 0 Å². The van der Waals surface area contributed by atoms with E-state index in [4.69, 9.17) is 5.73 Å². The Hall–Kier alpha value is -0.870. The molecule has 4 heteroatoms. The van der Waals surface area contributed by atoms with Gasteiger partial charge in [-0.2, -0.15) is 0 Å². The Morgan fingerprint density at radius 3 is 2.55 bits per heavy atom. The maximum Gasteiger partial charge on any atom is 0.234 e. The third-order valence-electron chi connectivity index (χ3n) is 4.94. The van der Waals surface area contributed by atoms with Gasteiger partial charge in [0, 0.05) is 24.0 Å². The predicted molar refractivity (Wildman–Crippen MR) is 82.9 cm³/mol. The molecule has 110 valence electrons. The van der Waals surface area contributed by atoms with Crippen LogP contribution in [0.25, 0.3) is 0 Å². The SMILES string of the molecule is NC1CCN(C(=O)C2(c3cccs3)CCCCC2)CC1. The molecule has 20 heavy (non-hydrogen) atoms. The fourth-order valence-electron chi connectivity index (χ4n) is 3.68. The van der Waals surface area contributed by atoms with Crippen molar-refractivity contribution in [2.75, 3.05) is 13.1 Å². The van der Waals surface area contributed by atoms with Crippen molar-refractivity contribution in [1.82, 2.24) is 4.90 Å². The van der Waals surface area contributed by atoms with Crippen LogP contribution >= 0.6 is 11.3 Å². The molecule has 2 fully saturated rings. The lowest BCUT2D eigenvalue weighted by Crippen LogP contribution is -2.51. The number of rotatable bonds is 2. The van der Waals surface area contributed by atoms with Crippen LogP contribution in [-0.2, 0) is 10.2 Å². The van der Waals surface area contributed by atoms with Crippen molar-refractivity contribution in [2.45, 2.75) is 56.4 Å². The number of thiophene rings is 1. The topological polar surface area (TPSA) is 46.3 Å². The monoisotopic (exact) mass is 292 g/mol. The third kappa shape index (κ3) is 2.51. The summed E-state index contributed by atoms with van der Waals surface area (Å²) in [4.78, 5) is 16.5. The molecule has 2 N–H and O–H groups in total. The summed E-state index contributed by atoms with van der Waals surface area (Å²) in [6.07, 6.45) is 7.57. The predicted octanol–water partition coefficient (Wildman–Crippen LogP) is 2.90. The summed E-state index contributed by atoms with van der Waals surface area (Å²) >= 11 is 1.75. The molecule has 0 radical (unpaired) electrons. The second-order valence-corrected chi connectivity index (χ2v) is 7.20. The molecule has 2 heterocycles. The van der Waals surface area contributed by atoms with E-state index in [2.05, 4.69) is 22.4 Å². The highest BCUT2D eigenvalue weighted by atomic mass is 32.1. The van der Waals surface area contributed by atoms with Gasteiger partial charge in [-0.05, 0) is 37.1 Å². The van der Waals surface area contributed by atoms with E-state index >= 15 is 0 Å². The van der Waals surface area contributed by atoms with E-state index in [0.717, 1.165) is 38.8 Å². The van der Waals surface area contributed by atoms with E-state index in [1.54, 1.807) is 11.3 Å². The molecule has 0 spiro atoms. The maximum atomic E-state index is 13.2. The number of likely N-dealkylation sites (tertiary alicyclic amines) is 1. The average Bonchev–Trinajstić information content (AvgIpc) is 3.03. The van der Waals surface area contributed by atoms with Crippen LogP contribution in [0.1, 0.15) is 49.8 Å². The van der Waals surface area contributed by atoms with Gasteiger partial charge in [-0.1, -0.05) is 25.3 Å². The van der Waals surface area contributed by atoms with Crippen molar-refractivity contribution >= 4 is 17.2 Å². The first-order chi connectivity index (χ1) is 9.72. The van der Waals surface area contributed by atoms with Gasteiger partial charge < -0.3 is 10.6 Å². The Bertz CT molecular complexity index is 443. The summed E-state index contributed by atoms with van der Waals surface area (Å²) in [7, 11) is 0. The number of nitrogens with two attached hydrogens (primary N) is 1. The molecule has 1 saturated heterocycles. The normalized spacial score (nSPS) is 23.8. The first-order valence-electron chi connectivity index (χ1n) is 7.81. The Labute approximate surface area is 125 Å². The summed E-state index contributed by atoms with van der Waals surface area (Å²) in [5, 5.41) is 2.10. The van der Waals surface area contributed by atoms with E-state index in [-0.39, 0.29) is 11.5 Å². The second-order valence-electron chi connectivity index (χ2n) is 6.25. The first kappa shape index (κ1) is 14.1. The van der Waals surface area contributed by atoms with Crippen LogP contribution in [-0.4, -0.2) is 29.9 Å². The number of amides is 1. The van der Waals surface area contributed by atoms with E-state index in [9.17, 15) is 4.79 Å². The summed E-state index contributed by atoms with van der Waals surface area (Å²) in [5.74, 6) is 0.367. The number of carbonyl (C=O) groups is 1. The molecule has 0 bridgehead atoms. The van der Waals surface area contributed by atoms with Crippen molar-refractivity contribution in [3.63, 3.8) is 0 Å². The van der Waals surface area contributed by atoms with Gasteiger partial charge in [0.15, 0.2) is 0 Å². The van der Waals surface area contributed by atoms with E-state index in [1.165, 1.54) is 24.1 Å². The van der Waals surface area contributed by atoms with Gasteiger partial charge in [0.2, 0.25) is 5.91 Å². The molecule has 2 aliphatic rings. The maximum absolute atomic E-state index is 13.2. The molecule has 0 aromatic carbocycles. The summed E-state index contributed by atoms with van der Waals surface area (Å²) in [6.45, 7) is 1.68. The Morgan fingerprint density at radius 2 is 1.95 bits per heavy atom. The second kappa shape index (κ2) is 5.86. The molecule has 1 aromatic rings. The average molecular weight is 292 g/mol. The third-order valence-corrected chi connectivity index (χ3v) is 6.01. The minimum Gasteiger partial charge on any atom is -0.342 e. The zero-order valence-electron chi connectivity index (χ0n) is 12.0. The number of hydrogen-bond acceptors (Lipinski definition) is 3. The summed E-state index contributed by atoms with van der Waals surface area (Å²) < 4.78 is 0. The molecule has 1 aliphatic carbocycles. The van der Waals surface area contributed by atoms with Gasteiger partial charge in [-0.3, -0.25) is 4.79 Å². The van der Waals surface area contributed by atoms with Gasteiger partial charge in [0.25, 0.3) is 0 Å². The smallest absolute Gasteiger partial charge is 0.234 e. The molecule has 3 nitrogen and oxygen atoms in total. The van der Waals surface area contributed by atoms with E-state index in [0.29, 0.717) is 5.91 Å². The molecular formula is C16H24N2OS. The lowest BCUT2D eigenvalue weighted by atomic mass is 9.71. The molecule has 3 rings (SSSR count). The fraction of sp³-hybridized carbons (Fsp3) is 0.688. The van der Waals surface area contributed by atoms with Gasteiger partial charge in [0.05, 0.1) is 5.41 Å². The molecular weight excluding hydrogens is 268 g/mol. The van der Waals surface area contributed by atoms with Crippen molar-refractivity contribution < 1.29 is 4.79 Å². The number of carbonyl (C=O) groups excluding carboxylic acids is 1. The number of nitrogens with zero attached hydrogens (tertiary/aromatic N) is 1. The zero-order chi connectivity index (χ0) is 14.0. The van der Waals surface area contributed by atoms with E-state index in [1.807, 2.05) is 0 Å². The number of hydrogen-bond donors (Lipinski definition) is 1. The Balaban J connectivity index is 1.84. The fourth-order valence-corrected chi connectivity index (χ4v) is 4.65. The zero-order valence-corrected chi connectivity index (χ0v) is 12.8. The van der Waals surface area contributed by atoms with Crippen LogP contribution in [0.3, 0.4) is 0 Å². The van der Waals surface area contributed by atoms with Crippen LogP contribution < -0.4 is 5.73 Å². The van der Waals surface area contributed by atoms with Gasteiger partial charge in [-0.25, -0.2) is 0 Å². The van der Waals surface area contributed by atoms with Crippen LogP contribution in [0.15, 0.2) is 17.5 Å². The molecule has 0 atom stereocenters. The van der Waals surface area contributed by atoms with Gasteiger partial charge in [-0.15, -0.1) is 11.3 Å². The number of piperidine rings is 1. The molecule has 1 amide bonds. The standard InChI is InChI=1S/C16H24N2OS/c17-13-6-10-18(11-7-13)15(19)16(8-2-1-3-9-16)14-5-4-12-20-14/h4-5,12-13H,1-3,6-11,17H2. The van der Waals surface area contributed by atoms with Crippen molar-refractivity contribution in [3.8, 4) is 0 Å². The minimum absolute atomic E-state index is 0.228. The van der Waals surface area contributed by atoms with Crippen LogP contribution in [0.5, 0.6) is 0 Å². The van der Waals surface area contributed by atoms with E-state index < -0.39 is 0 Å². The molecule has 0 unspecified atom stereocenters. The summed E-state index contributed by atoms with van der Waals surface area (Å²) in [6, 6.07) is 4.52. The van der Waals surface area contributed by atoms with Crippen molar-refractivity contribution in [1.29, 1.82) is 0 Å². The lowest BCUT2D eigenvalue weighted by Gasteiger charge is -2.41. The molecule has 1 aliphatic heterocycles. The van der Waals surface area contributed by atoms with Crippen molar-refractivity contribution in [3.05, 3.63) is 22.4 Å². The van der Waals surface area contributed by atoms with Crippen LogP contribution in [0.2, 0.25) is 0 Å².